The molecule has 2 nitrogen and oxygen atoms in total. The summed E-state index contributed by atoms with van der Waals surface area (Å²) in [6.07, 6.45) is 14.5. The van der Waals surface area contributed by atoms with Crippen LogP contribution in [0, 0.1) is 35.5 Å². The Kier molecular flexibility index (Phi) is 3.01. The Hall–Kier alpha value is -1.40. The average Bonchev–Trinajstić information content (AvgIpc) is 2.80. The van der Waals surface area contributed by atoms with Gasteiger partial charge in [-0.3, -0.25) is 4.79 Å². The standard InChI is InChI=1S/C20H23FO2/c1-3-19(23)10-8-16-15-5-4-13-12-14(22)6-11-20(13,21)17(15)7-9-18(16,19)2/h1,6,11-12,15-17,23H,4-5,7-10H2,2H3/t15-,16-,17-,18-,19-,20+/m0/s1. The molecule has 0 bridgehead atoms. The number of fused-ring (bicyclic) bond motifs is 5. The Bertz CT molecular complexity index is 672. The monoisotopic (exact) mass is 314 g/mol. The van der Waals surface area contributed by atoms with E-state index in [1.807, 2.05) is 0 Å². The molecule has 0 aromatic rings. The normalized spacial score (nSPS) is 51.3. The van der Waals surface area contributed by atoms with Gasteiger partial charge in [0.25, 0.3) is 0 Å². The van der Waals surface area contributed by atoms with Crippen LogP contribution in [0.15, 0.2) is 23.8 Å². The van der Waals surface area contributed by atoms with Crippen LogP contribution in [0.2, 0.25) is 0 Å². The van der Waals surface area contributed by atoms with Gasteiger partial charge in [0.1, 0.15) is 5.60 Å². The first-order valence-electron chi connectivity index (χ1n) is 8.67. The lowest BCUT2D eigenvalue weighted by Crippen LogP contribution is -2.55. The van der Waals surface area contributed by atoms with Gasteiger partial charge >= 0.3 is 0 Å². The van der Waals surface area contributed by atoms with Crippen LogP contribution in [0.25, 0.3) is 0 Å². The zero-order valence-corrected chi connectivity index (χ0v) is 13.5. The van der Waals surface area contributed by atoms with E-state index >= 15 is 4.39 Å². The summed E-state index contributed by atoms with van der Waals surface area (Å²) in [5, 5.41) is 10.9. The summed E-state index contributed by atoms with van der Waals surface area (Å²) in [5.74, 6) is 2.94. The molecule has 6 atom stereocenters. The Labute approximate surface area is 136 Å². The molecule has 0 heterocycles. The first kappa shape index (κ1) is 15.1. The predicted molar refractivity (Wildman–Crippen MR) is 86.1 cm³/mol. The summed E-state index contributed by atoms with van der Waals surface area (Å²) in [6, 6.07) is 0. The van der Waals surface area contributed by atoms with Crippen molar-refractivity contribution in [3.8, 4) is 12.3 Å². The largest absolute Gasteiger partial charge is 0.377 e. The number of carbonyl (C=O) groups excluding carboxylic acids is 1. The van der Waals surface area contributed by atoms with Crippen LogP contribution >= 0.6 is 0 Å². The van der Waals surface area contributed by atoms with Crippen molar-refractivity contribution in [3.63, 3.8) is 0 Å². The van der Waals surface area contributed by atoms with Gasteiger partial charge in [0.05, 0.1) is 0 Å². The summed E-state index contributed by atoms with van der Waals surface area (Å²) < 4.78 is 15.8. The van der Waals surface area contributed by atoms with Crippen molar-refractivity contribution >= 4 is 5.78 Å². The topological polar surface area (TPSA) is 37.3 Å². The van der Waals surface area contributed by atoms with Gasteiger partial charge in [0.2, 0.25) is 0 Å². The fourth-order valence-electron chi connectivity index (χ4n) is 6.05. The molecule has 0 aromatic carbocycles. The van der Waals surface area contributed by atoms with Crippen molar-refractivity contribution in [1.29, 1.82) is 0 Å². The lowest BCUT2D eigenvalue weighted by molar-refractivity contribution is -0.112. The number of aliphatic hydroxyl groups is 1. The third-order valence-corrected chi connectivity index (χ3v) is 7.41. The molecule has 0 aliphatic heterocycles. The van der Waals surface area contributed by atoms with Gasteiger partial charge in [0, 0.05) is 11.3 Å². The first-order chi connectivity index (χ1) is 10.8. The van der Waals surface area contributed by atoms with Gasteiger partial charge in [-0.1, -0.05) is 12.8 Å². The quantitative estimate of drug-likeness (QED) is 0.696. The highest BCUT2D eigenvalue weighted by atomic mass is 19.1. The molecule has 4 aliphatic rings. The van der Waals surface area contributed by atoms with Crippen molar-refractivity contribution in [2.75, 3.05) is 0 Å². The number of allylic oxidation sites excluding steroid dienone is 4. The molecule has 4 rings (SSSR count). The third kappa shape index (κ3) is 1.76. The van der Waals surface area contributed by atoms with Crippen molar-refractivity contribution in [1.82, 2.24) is 0 Å². The summed E-state index contributed by atoms with van der Waals surface area (Å²) in [4.78, 5) is 11.6. The van der Waals surface area contributed by atoms with Crippen molar-refractivity contribution in [3.05, 3.63) is 23.8 Å². The number of hydrogen-bond acceptors (Lipinski definition) is 2. The Morgan fingerprint density at radius 3 is 2.78 bits per heavy atom. The zero-order chi connectivity index (χ0) is 16.5. The maximum atomic E-state index is 15.8. The van der Waals surface area contributed by atoms with Crippen molar-refractivity contribution in [2.45, 2.75) is 56.7 Å². The molecule has 0 saturated heterocycles. The van der Waals surface area contributed by atoms with E-state index in [4.69, 9.17) is 6.42 Å². The number of rotatable bonds is 0. The lowest BCUT2D eigenvalue weighted by Gasteiger charge is -2.55. The van der Waals surface area contributed by atoms with Crippen molar-refractivity contribution < 1.29 is 14.3 Å². The minimum atomic E-state index is -1.48. The number of hydrogen-bond donors (Lipinski definition) is 1. The molecule has 0 radical (unpaired) electrons. The van der Waals surface area contributed by atoms with E-state index in [0.717, 1.165) is 19.3 Å². The maximum Gasteiger partial charge on any atom is 0.178 e. The van der Waals surface area contributed by atoms with E-state index in [0.29, 0.717) is 24.8 Å². The van der Waals surface area contributed by atoms with Crippen LogP contribution in [0.3, 0.4) is 0 Å². The van der Waals surface area contributed by atoms with Crippen LogP contribution in [0.1, 0.15) is 45.4 Å². The number of alkyl halides is 1. The van der Waals surface area contributed by atoms with Gasteiger partial charge in [-0.2, -0.15) is 0 Å². The first-order valence-corrected chi connectivity index (χ1v) is 8.67. The van der Waals surface area contributed by atoms with Gasteiger partial charge in [-0.05, 0) is 74.2 Å². The second-order valence-corrected chi connectivity index (χ2v) is 8.09. The average molecular weight is 314 g/mol. The van der Waals surface area contributed by atoms with Gasteiger partial charge in [-0.25, -0.2) is 4.39 Å². The molecule has 3 saturated carbocycles. The summed E-state index contributed by atoms with van der Waals surface area (Å²) in [6.45, 7) is 2.09. The molecule has 0 amide bonds. The van der Waals surface area contributed by atoms with E-state index in [1.165, 1.54) is 18.2 Å². The molecule has 23 heavy (non-hydrogen) atoms. The molecular formula is C20H23FO2. The number of terminal acetylenes is 1. The van der Waals surface area contributed by atoms with Crippen LogP contribution in [-0.4, -0.2) is 22.2 Å². The lowest BCUT2D eigenvalue weighted by atomic mass is 9.50. The second kappa shape index (κ2) is 4.57. The van der Waals surface area contributed by atoms with E-state index in [2.05, 4.69) is 12.8 Å². The number of halogens is 1. The van der Waals surface area contributed by atoms with Crippen LogP contribution in [0.4, 0.5) is 4.39 Å². The molecule has 3 heteroatoms. The van der Waals surface area contributed by atoms with E-state index < -0.39 is 11.3 Å². The minimum absolute atomic E-state index is 0.0925. The molecule has 4 aliphatic carbocycles. The molecule has 0 aromatic heterocycles. The van der Waals surface area contributed by atoms with Gasteiger partial charge < -0.3 is 5.11 Å². The Morgan fingerprint density at radius 2 is 2.04 bits per heavy atom. The molecular weight excluding hydrogens is 291 g/mol. The van der Waals surface area contributed by atoms with Crippen LogP contribution in [0.5, 0.6) is 0 Å². The summed E-state index contributed by atoms with van der Waals surface area (Å²) in [7, 11) is 0. The Morgan fingerprint density at radius 1 is 1.30 bits per heavy atom. The summed E-state index contributed by atoms with van der Waals surface area (Å²) in [5.41, 5.74) is -2.19. The Balaban J connectivity index is 1.72. The molecule has 0 unspecified atom stereocenters. The van der Waals surface area contributed by atoms with E-state index in [-0.39, 0.29) is 29.0 Å². The smallest absolute Gasteiger partial charge is 0.178 e. The minimum Gasteiger partial charge on any atom is -0.377 e. The highest BCUT2D eigenvalue weighted by Crippen LogP contribution is 2.65. The van der Waals surface area contributed by atoms with E-state index in [9.17, 15) is 9.90 Å². The highest BCUT2D eigenvalue weighted by Gasteiger charge is 2.64. The molecule has 3 fully saturated rings. The SMILES string of the molecule is C#C[C@]1(O)CC[C@H]2[C@@H]3CCC4=CC(=O)C=C[C@]4(F)[C@H]3CC[C@@]21C. The van der Waals surface area contributed by atoms with Crippen LogP contribution in [-0.2, 0) is 4.79 Å². The second-order valence-electron chi connectivity index (χ2n) is 8.09. The highest BCUT2D eigenvalue weighted by molar-refractivity contribution is 6.01. The fraction of sp³-hybridized carbons (Fsp3) is 0.650. The fourth-order valence-corrected chi connectivity index (χ4v) is 6.05. The zero-order valence-electron chi connectivity index (χ0n) is 13.5. The van der Waals surface area contributed by atoms with Crippen molar-refractivity contribution in [2.24, 2.45) is 23.2 Å². The van der Waals surface area contributed by atoms with Gasteiger partial charge in [0.15, 0.2) is 11.5 Å². The molecule has 1 N–H and O–H groups in total. The summed E-state index contributed by atoms with van der Waals surface area (Å²) >= 11 is 0. The molecule has 0 spiro atoms. The number of ketones is 1. The maximum absolute atomic E-state index is 15.8. The molecule has 122 valence electrons. The van der Waals surface area contributed by atoms with Crippen LogP contribution < -0.4 is 0 Å². The van der Waals surface area contributed by atoms with Gasteiger partial charge in [-0.15, -0.1) is 6.42 Å². The predicted octanol–water partition coefficient (Wildman–Crippen LogP) is 3.36. The number of carbonyl (C=O) groups is 1. The third-order valence-electron chi connectivity index (χ3n) is 7.41. The van der Waals surface area contributed by atoms with E-state index in [1.54, 1.807) is 0 Å².